The molecule has 2 atom stereocenters. The smallest absolute Gasteiger partial charge is 0.288 e. The van der Waals surface area contributed by atoms with Crippen LogP contribution in [0.3, 0.4) is 0 Å². The van der Waals surface area contributed by atoms with Gasteiger partial charge in [0, 0.05) is 37.6 Å². The number of allylic oxidation sites excluding steroid dienone is 1. The third kappa shape index (κ3) is 8.85. The van der Waals surface area contributed by atoms with Gasteiger partial charge in [0.2, 0.25) is 6.29 Å². The van der Waals surface area contributed by atoms with E-state index >= 15 is 0 Å². The number of hydrogen-bond acceptors (Lipinski definition) is 10. The number of amides is 1. The van der Waals surface area contributed by atoms with Crippen LogP contribution in [0, 0.1) is 0 Å². The lowest BCUT2D eigenvalue weighted by Crippen LogP contribution is -2.40. The van der Waals surface area contributed by atoms with E-state index in [0.29, 0.717) is 108 Å². The van der Waals surface area contributed by atoms with Crippen LogP contribution in [0.1, 0.15) is 30.7 Å². The van der Waals surface area contributed by atoms with Crippen molar-refractivity contribution in [3.63, 3.8) is 0 Å². The molecule has 1 N–H and O–H groups in total. The van der Waals surface area contributed by atoms with Crippen LogP contribution >= 0.6 is 0 Å². The first kappa shape index (κ1) is 30.2. The van der Waals surface area contributed by atoms with Gasteiger partial charge in [-0.1, -0.05) is 12.1 Å². The minimum atomic E-state index is -0.747. The van der Waals surface area contributed by atoms with E-state index in [4.69, 9.17) is 37.9 Å². The van der Waals surface area contributed by atoms with E-state index in [0.717, 1.165) is 0 Å². The largest absolute Gasteiger partial charge is 0.464 e. The number of carbonyl (C=O) groups excluding carboxylic acids is 1. The molecule has 2 aliphatic heterocycles. The summed E-state index contributed by atoms with van der Waals surface area (Å²) >= 11 is 0. The Bertz CT molecular complexity index is 1130. The van der Waals surface area contributed by atoms with Gasteiger partial charge in [-0.25, -0.2) is 0 Å². The van der Waals surface area contributed by atoms with Gasteiger partial charge in [-0.2, -0.15) is 0 Å². The fraction of sp³-hybridized carbons (Fsp3) is 0.586. The summed E-state index contributed by atoms with van der Waals surface area (Å²) in [6, 6.07) is 7.06. The number of unbranched alkanes of at least 4 members (excludes halogenated alkanes) is 1. The first-order chi connectivity index (χ1) is 19.7. The number of aliphatic hydroxyl groups is 1. The third-order valence-corrected chi connectivity index (χ3v) is 6.64. The molecule has 1 aromatic carbocycles. The minimum absolute atomic E-state index is 0.0661. The molecule has 220 valence electrons. The van der Waals surface area contributed by atoms with Crippen molar-refractivity contribution in [1.29, 1.82) is 0 Å². The number of fused-ring (bicyclic) bond motifs is 1. The SMILES string of the molecule is O=C(C1=C[C@H](c2coc3ccccc3c2=O)C[C@H](OCCCCO)O1)N1CCOCCOCCOCCOCC1. The van der Waals surface area contributed by atoms with E-state index in [9.17, 15) is 9.59 Å². The number of hydrogen-bond donors (Lipinski definition) is 1. The van der Waals surface area contributed by atoms with Crippen LogP contribution in [0.2, 0.25) is 0 Å². The fourth-order valence-electron chi connectivity index (χ4n) is 4.49. The van der Waals surface area contributed by atoms with Gasteiger partial charge in [0.25, 0.3) is 5.91 Å². The van der Waals surface area contributed by atoms with Crippen molar-refractivity contribution in [3.05, 3.63) is 58.2 Å². The molecule has 0 aliphatic carbocycles. The summed E-state index contributed by atoms with van der Waals surface area (Å²) in [6.45, 7) is 4.35. The van der Waals surface area contributed by atoms with Crippen LogP contribution in [-0.4, -0.2) is 101 Å². The summed E-state index contributed by atoms with van der Waals surface area (Å²) in [5.74, 6) is -0.704. The molecular formula is C29H39NO10. The maximum absolute atomic E-state index is 13.7. The van der Waals surface area contributed by atoms with Crippen molar-refractivity contribution < 1.29 is 42.7 Å². The maximum atomic E-state index is 13.7. The number of benzene rings is 1. The lowest BCUT2D eigenvalue weighted by molar-refractivity contribution is -0.153. The second-order valence-electron chi connectivity index (χ2n) is 9.48. The molecule has 1 fully saturated rings. The fourth-order valence-corrected chi connectivity index (χ4v) is 4.49. The Morgan fingerprint density at radius 3 is 2.25 bits per heavy atom. The second kappa shape index (κ2) is 16.5. The highest BCUT2D eigenvalue weighted by Gasteiger charge is 2.32. The molecule has 0 saturated carbocycles. The Morgan fingerprint density at radius 2 is 1.57 bits per heavy atom. The highest BCUT2D eigenvalue weighted by atomic mass is 16.7. The van der Waals surface area contributed by atoms with E-state index in [1.165, 1.54) is 6.26 Å². The highest BCUT2D eigenvalue weighted by Crippen LogP contribution is 2.31. The van der Waals surface area contributed by atoms with E-state index in [-0.39, 0.29) is 23.7 Å². The van der Waals surface area contributed by atoms with Crippen molar-refractivity contribution in [2.24, 2.45) is 0 Å². The summed E-state index contributed by atoms with van der Waals surface area (Å²) in [4.78, 5) is 28.7. The molecule has 0 unspecified atom stereocenters. The van der Waals surface area contributed by atoms with Gasteiger partial charge in [0.05, 0.1) is 71.1 Å². The quantitative estimate of drug-likeness (QED) is 0.503. The molecule has 0 spiro atoms. The molecule has 2 aliphatic rings. The molecule has 11 nitrogen and oxygen atoms in total. The standard InChI is InChI=1S/C29H39NO10/c31-9-3-4-10-38-27-20-22(24-21-39-25-6-2-1-5-23(25)28(24)32)19-26(40-27)29(33)30-7-11-34-13-15-36-17-18-37-16-14-35-12-8-30/h1-2,5-6,19,21-22,27,31H,3-4,7-18,20H2/t22-,27+/m0/s1. The second-order valence-corrected chi connectivity index (χ2v) is 9.48. The van der Waals surface area contributed by atoms with Gasteiger partial charge in [-0.15, -0.1) is 0 Å². The number of aliphatic hydroxyl groups excluding tert-OH is 1. The molecule has 1 amide bonds. The Hall–Kier alpha value is -2.80. The van der Waals surface area contributed by atoms with Crippen LogP contribution in [0.25, 0.3) is 11.0 Å². The molecule has 3 heterocycles. The van der Waals surface area contributed by atoms with Crippen molar-refractivity contribution in [1.82, 2.24) is 4.90 Å². The molecule has 0 radical (unpaired) electrons. The Kier molecular flexibility index (Phi) is 12.4. The zero-order valence-electron chi connectivity index (χ0n) is 22.8. The topological polar surface area (TPSA) is 126 Å². The Balaban J connectivity index is 1.53. The van der Waals surface area contributed by atoms with E-state index in [1.807, 2.05) is 6.07 Å². The molecule has 0 bridgehead atoms. The molecule has 1 aromatic heterocycles. The zero-order chi connectivity index (χ0) is 28.0. The van der Waals surface area contributed by atoms with Crippen LogP contribution in [-0.2, 0) is 33.2 Å². The average Bonchev–Trinajstić information content (AvgIpc) is 2.99. The molecule has 40 heavy (non-hydrogen) atoms. The van der Waals surface area contributed by atoms with E-state index in [2.05, 4.69) is 0 Å². The summed E-state index contributed by atoms with van der Waals surface area (Å²) in [5.41, 5.74) is 0.772. The lowest BCUT2D eigenvalue weighted by Gasteiger charge is -2.31. The highest BCUT2D eigenvalue weighted by molar-refractivity contribution is 5.92. The number of ether oxygens (including phenoxy) is 6. The van der Waals surface area contributed by atoms with Gasteiger partial charge >= 0.3 is 0 Å². The van der Waals surface area contributed by atoms with Gasteiger partial charge in [-0.05, 0) is 31.1 Å². The number of nitrogens with zero attached hydrogens (tertiary/aromatic N) is 1. The normalized spacial score (nSPS) is 22.1. The van der Waals surface area contributed by atoms with Crippen LogP contribution in [0.15, 0.2) is 51.6 Å². The predicted molar refractivity (Wildman–Crippen MR) is 145 cm³/mol. The number of rotatable bonds is 7. The van der Waals surface area contributed by atoms with Crippen molar-refractivity contribution >= 4 is 16.9 Å². The number of carbonyl (C=O) groups is 1. The summed E-state index contributed by atoms with van der Waals surface area (Å²) in [7, 11) is 0. The first-order valence-electron chi connectivity index (χ1n) is 13.9. The maximum Gasteiger partial charge on any atom is 0.288 e. The van der Waals surface area contributed by atoms with E-state index < -0.39 is 12.2 Å². The minimum Gasteiger partial charge on any atom is -0.464 e. The average molecular weight is 562 g/mol. The van der Waals surface area contributed by atoms with Gasteiger partial charge in [0.1, 0.15) is 5.58 Å². The molecule has 4 rings (SSSR count). The Morgan fingerprint density at radius 1 is 0.925 bits per heavy atom. The van der Waals surface area contributed by atoms with E-state index in [1.54, 1.807) is 29.2 Å². The van der Waals surface area contributed by atoms with Gasteiger partial charge in [-0.3, -0.25) is 9.59 Å². The van der Waals surface area contributed by atoms with Crippen LogP contribution < -0.4 is 5.43 Å². The van der Waals surface area contributed by atoms with Crippen LogP contribution in [0.4, 0.5) is 0 Å². The molecular weight excluding hydrogens is 522 g/mol. The Labute approximate surface area is 233 Å². The van der Waals surface area contributed by atoms with Gasteiger partial charge < -0.3 is 42.8 Å². The van der Waals surface area contributed by atoms with Crippen molar-refractivity contribution in [2.45, 2.75) is 31.5 Å². The van der Waals surface area contributed by atoms with Gasteiger partial charge in [0.15, 0.2) is 11.2 Å². The summed E-state index contributed by atoms with van der Waals surface area (Å²) < 4.78 is 40.0. The van der Waals surface area contributed by atoms with Crippen molar-refractivity contribution in [3.8, 4) is 0 Å². The summed E-state index contributed by atoms with van der Waals surface area (Å²) in [6.07, 6.45) is 3.96. The molecule has 2 aromatic rings. The molecule has 1 saturated heterocycles. The van der Waals surface area contributed by atoms with Crippen LogP contribution in [0.5, 0.6) is 0 Å². The molecule has 11 heteroatoms. The lowest BCUT2D eigenvalue weighted by atomic mass is 9.93. The number of para-hydroxylation sites is 1. The monoisotopic (exact) mass is 561 g/mol. The predicted octanol–water partition coefficient (Wildman–Crippen LogP) is 2.20. The zero-order valence-corrected chi connectivity index (χ0v) is 22.8. The first-order valence-corrected chi connectivity index (χ1v) is 13.9. The summed E-state index contributed by atoms with van der Waals surface area (Å²) in [5, 5.41) is 9.57. The third-order valence-electron chi connectivity index (χ3n) is 6.64. The van der Waals surface area contributed by atoms with Crippen molar-refractivity contribution in [2.75, 3.05) is 79.2 Å².